The second-order valence-electron chi connectivity index (χ2n) is 4.73. The lowest BCUT2D eigenvalue weighted by molar-refractivity contribution is -0.140. The summed E-state index contributed by atoms with van der Waals surface area (Å²) >= 11 is 0. The zero-order valence-electron chi connectivity index (χ0n) is 12.4. The molecule has 0 aliphatic carbocycles. The molecule has 21 heavy (non-hydrogen) atoms. The fourth-order valence-electron chi connectivity index (χ4n) is 1.73. The highest BCUT2D eigenvalue weighted by Crippen LogP contribution is 2.09. The molecule has 1 aromatic rings. The lowest BCUT2D eigenvalue weighted by atomic mass is 9.99. The Hall–Kier alpha value is -2.31. The SMILES string of the molecule is CCC(C)[C@H](NC(=O)NCc1ccnc(OC)c1)C(=O)O. The van der Waals surface area contributed by atoms with Gasteiger partial charge >= 0.3 is 12.0 Å². The quantitative estimate of drug-likeness (QED) is 0.705. The molecule has 3 N–H and O–H groups in total. The maximum Gasteiger partial charge on any atom is 0.326 e. The number of carbonyl (C=O) groups excluding carboxylic acids is 1. The van der Waals surface area contributed by atoms with Crippen molar-refractivity contribution in [2.45, 2.75) is 32.9 Å². The van der Waals surface area contributed by atoms with Crippen molar-refractivity contribution in [1.29, 1.82) is 0 Å². The summed E-state index contributed by atoms with van der Waals surface area (Å²) in [4.78, 5) is 26.9. The number of methoxy groups -OCH3 is 1. The molecule has 0 aromatic carbocycles. The summed E-state index contributed by atoms with van der Waals surface area (Å²) in [5.41, 5.74) is 0.812. The van der Waals surface area contributed by atoms with Gasteiger partial charge in [-0.15, -0.1) is 0 Å². The average molecular weight is 295 g/mol. The molecule has 1 rings (SSSR count). The summed E-state index contributed by atoms with van der Waals surface area (Å²) in [6.07, 6.45) is 2.24. The van der Waals surface area contributed by atoms with Crippen LogP contribution in [0.15, 0.2) is 18.3 Å². The predicted octanol–water partition coefficient (Wildman–Crippen LogP) is 1.39. The molecule has 1 unspecified atom stereocenters. The molecular formula is C14H21N3O4. The highest BCUT2D eigenvalue weighted by atomic mass is 16.5. The van der Waals surface area contributed by atoms with E-state index in [1.165, 1.54) is 7.11 Å². The van der Waals surface area contributed by atoms with Crippen LogP contribution in [0.5, 0.6) is 5.88 Å². The minimum atomic E-state index is -1.04. The van der Waals surface area contributed by atoms with Crippen molar-refractivity contribution in [2.75, 3.05) is 7.11 Å². The number of urea groups is 1. The first kappa shape index (κ1) is 16.7. The number of aromatic nitrogens is 1. The standard InChI is InChI=1S/C14H21N3O4/c1-4-9(2)12(13(18)19)17-14(20)16-8-10-5-6-15-11(7-10)21-3/h5-7,9,12H,4,8H2,1-3H3,(H,18,19)(H2,16,17,20)/t9?,12-/m0/s1. The molecular weight excluding hydrogens is 274 g/mol. The molecule has 0 aliphatic heterocycles. The largest absolute Gasteiger partial charge is 0.481 e. The van der Waals surface area contributed by atoms with E-state index >= 15 is 0 Å². The van der Waals surface area contributed by atoms with Crippen molar-refractivity contribution in [3.8, 4) is 5.88 Å². The van der Waals surface area contributed by atoms with Crippen LogP contribution in [0.4, 0.5) is 4.79 Å². The molecule has 2 atom stereocenters. The molecule has 2 amide bonds. The summed E-state index contributed by atoms with van der Waals surface area (Å²) in [6.45, 7) is 3.92. The van der Waals surface area contributed by atoms with Gasteiger partial charge in [-0.25, -0.2) is 14.6 Å². The Balaban J connectivity index is 2.54. The van der Waals surface area contributed by atoms with Crippen LogP contribution in [0.2, 0.25) is 0 Å². The van der Waals surface area contributed by atoms with Crippen molar-refractivity contribution < 1.29 is 19.4 Å². The van der Waals surface area contributed by atoms with Gasteiger partial charge in [0.1, 0.15) is 6.04 Å². The van der Waals surface area contributed by atoms with Gasteiger partial charge in [0, 0.05) is 18.8 Å². The van der Waals surface area contributed by atoms with Gasteiger partial charge in [-0.1, -0.05) is 20.3 Å². The highest BCUT2D eigenvalue weighted by Gasteiger charge is 2.25. The van der Waals surface area contributed by atoms with E-state index in [1.54, 1.807) is 25.3 Å². The van der Waals surface area contributed by atoms with Crippen LogP contribution < -0.4 is 15.4 Å². The maximum atomic E-state index is 11.8. The molecule has 0 fully saturated rings. The van der Waals surface area contributed by atoms with Crippen molar-refractivity contribution in [3.05, 3.63) is 23.9 Å². The third kappa shape index (κ3) is 5.29. The zero-order valence-corrected chi connectivity index (χ0v) is 12.4. The summed E-state index contributed by atoms with van der Waals surface area (Å²) in [6, 6.07) is 2.02. The first-order chi connectivity index (χ1) is 9.97. The van der Waals surface area contributed by atoms with Crippen LogP contribution >= 0.6 is 0 Å². The molecule has 0 spiro atoms. The van der Waals surface area contributed by atoms with E-state index in [4.69, 9.17) is 9.84 Å². The fraction of sp³-hybridized carbons (Fsp3) is 0.500. The van der Waals surface area contributed by atoms with E-state index in [1.807, 2.05) is 6.92 Å². The molecule has 1 aromatic heterocycles. The van der Waals surface area contributed by atoms with Crippen LogP contribution in [0.1, 0.15) is 25.8 Å². The molecule has 0 radical (unpaired) electrons. The molecule has 1 heterocycles. The number of rotatable bonds is 7. The molecule has 7 nitrogen and oxygen atoms in total. The van der Waals surface area contributed by atoms with Crippen molar-refractivity contribution in [1.82, 2.24) is 15.6 Å². The Morgan fingerprint density at radius 2 is 2.19 bits per heavy atom. The lowest BCUT2D eigenvalue weighted by Crippen LogP contribution is -2.48. The number of carboxylic acid groups (broad SMARTS) is 1. The van der Waals surface area contributed by atoms with Crippen molar-refractivity contribution >= 4 is 12.0 Å². The van der Waals surface area contributed by atoms with Gasteiger partial charge in [-0.2, -0.15) is 0 Å². The topological polar surface area (TPSA) is 101 Å². The normalized spacial score (nSPS) is 13.1. The third-order valence-corrected chi connectivity index (χ3v) is 3.23. The first-order valence-corrected chi connectivity index (χ1v) is 6.74. The van der Waals surface area contributed by atoms with Crippen LogP contribution in [-0.2, 0) is 11.3 Å². The lowest BCUT2D eigenvalue weighted by Gasteiger charge is -2.20. The monoisotopic (exact) mass is 295 g/mol. The highest BCUT2D eigenvalue weighted by molar-refractivity contribution is 5.82. The molecule has 0 aliphatic rings. The number of amides is 2. The number of ether oxygens (including phenoxy) is 1. The number of aliphatic carboxylic acids is 1. The molecule has 7 heteroatoms. The van der Waals surface area contributed by atoms with Crippen LogP contribution in [0.25, 0.3) is 0 Å². The second-order valence-corrected chi connectivity index (χ2v) is 4.73. The van der Waals surface area contributed by atoms with Crippen LogP contribution in [-0.4, -0.2) is 35.2 Å². The van der Waals surface area contributed by atoms with E-state index in [9.17, 15) is 9.59 Å². The Labute approximate surface area is 123 Å². The third-order valence-electron chi connectivity index (χ3n) is 3.23. The zero-order chi connectivity index (χ0) is 15.8. The van der Waals surface area contributed by atoms with Crippen LogP contribution in [0.3, 0.4) is 0 Å². The summed E-state index contributed by atoms with van der Waals surface area (Å²) in [5, 5.41) is 14.2. The minimum absolute atomic E-state index is 0.144. The van der Waals surface area contributed by atoms with Gasteiger partial charge in [0.25, 0.3) is 0 Å². The molecule has 0 saturated heterocycles. The van der Waals surface area contributed by atoms with E-state index < -0.39 is 18.0 Å². The average Bonchev–Trinajstić information content (AvgIpc) is 2.49. The van der Waals surface area contributed by atoms with Gasteiger partial charge in [0.2, 0.25) is 5.88 Å². The Morgan fingerprint density at radius 3 is 2.76 bits per heavy atom. The number of carbonyl (C=O) groups is 2. The number of nitrogens with one attached hydrogen (secondary N) is 2. The van der Waals surface area contributed by atoms with Crippen LogP contribution in [0, 0.1) is 5.92 Å². The maximum absolute atomic E-state index is 11.8. The number of nitrogens with zero attached hydrogens (tertiary/aromatic N) is 1. The molecule has 116 valence electrons. The molecule has 0 saturated carbocycles. The number of hydrogen-bond donors (Lipinski definition) is 3. The summed E-state index contributed by atoms with van der Waals surface area (Å²) in [5.74, 6) is -0.725. The number of pyridine rings is 1. The van der Waals surface area contributed by atoms with Gasteiger partial charge < -0.3 is 20.5 Å². The van der Waals surface area contributed by atoms with E-state index in [0.29, 0.717) is 12.3 Å². The number of hydrogen-bond acceptors (Lipinski definition) is 4. The van der Waals surface area contributed by atoms with E-state index in [0.717, 1.165) is 5.56 Å². The summed E-state index contributed by atoms with van der Waals surface area (Å²) < 4.78 is 4.99. The Morgan fingerprint density at radius 1 is 1.48 bits per heavy atom. The van der Waals surface area contributed by atoms with Gasteiger partial charge in [-0.3, -0.25) is 0 Å². The first-order valence-electron chi connectivity index (χ1n) is 6.74. The Kier molecular flexibility index (Phi) is 6.45. The van der Waals surface area contributed by atoms with Gasteiger partial charge in [0.05, 0.1) is 7.11 Å². The van der Waals surface area contributed by atoms with Gasteiger partial charge in [0.15, 0.2) is 0 Å². The fourth-order valence-corrected chi connectivity index (χ4v) is 1.73. The summed E-state index contributed by atoms with van der Waals surface area (Å²) in [7, 11) is 1.51. The smallest absolute Gasteiger partial charge is 0.326 e. The van der Waals surface area contributed by atoms with Crippen molar-refractivity contribution in [2.24, 2.45) is 5.92 Å². The number of carboxylic acids is 1. The Bertz CT molecular complexity index is 493. The predicted molar refractivity (Wildman–Crippen MR) is 77.0 cm³/mol. The van der Waals surface area contributed by atoms with E-state index in [2.05, 4.69) is 15.6 Å². The van der Waals surface area contributed by atoms with Gasteiger partial charge in [-0.05, 0) is 17.5 Å². The molecule has 0 bridgehead atoms. The minimum Gasteiger partial charge on any atom is -0.481 e. The van der Waals surface area contributed by atoms with Crippen molar-refractivity contribution in [3.63, 3.8) is 0 Å². The second kappa shape index (κ2) is 8.08. The van der Waals surface area contributed by atoms with E-state index in [-0.39, 0.29) is 12.5 Å².